The maximum absolute atomic E-state index is 10.4. The molecule has 0 atom stereocenters. The summed E-state index contributed by atoms with van der Waals surface area (Å²) in [6.07, 6.45) is 3.42. The minimum Gasteiger partial charge on any atom is -0.211 e. The molecule has 0 N–H and O–H groups in total. The summed E-state index contributed by atoms with van der Waals surface area (Å²) in [5.74, 6) is 0. The Morgan fingerprint density at radius 1 is 1.50 bits per heavy atom. The van der Waals surface area contributed by atoms with Crippen molar-refractivity contribution < 1.29 is 4.79 Å². The summed E-state index contributed by atoms with van der Waals surface area (Å²) in [4.78, 5) is 14.3. The molecule has 0 aromatic heterocycles. The van der Waals surface area contributed by atoms with E-state index in [9.17, 15) is 4.79 Å². The second-order valence-corrected chi connectivity index (χ2v) is 4.68. The largest absolute Gasteiger partial charge is 0.235 e. The van der Waals surface area contributed by atoms with E-state index in [1.54, 1.807) is 6.08 Å². The SMILES string of the molecule is C=C(C)c1cc(Cl)cc(C2(N=C=O)CC2)c1. The summed E-state index contributed by atoms with van der Waals surface area (Å²) in [5.41, 5.74) is 2.57. The highest BCUT2D eigenvalue weighted by molar-refractivity contribution is 6.30. The first-order chi connectivity index (χ1) is 7.57. The van der Waals surface area contributed by atoms with Crippen LogP contribution in [0.15, 0.2) is 29.8 Å². The van der Waals surface area contributed by atoms with Crippen LogP contribution < -0.4 is 0 Å². The first-order valence-electron chi connectivity index (χ1n) is 5.13. The van der Waals surface area contributed by atoms with Gasteiger partial charge in [-0.2, -0.15) is 4.99 Å². The van der Waals surface area contributed by atoms with Crippen molar-refractivity contribution in [3.63, 3.8) is 0 Å². The fourth-order valence-corrected chi connectivity index (χ4v) is 2.01. The number of halogens is 1. The monoisotopic (exact) mass is 233 g/mol. The zero-order valence-corrected chi connectivity index (χ0v) is 9.84. The Hall–Kier alpha value is -1.37. The molecule has 1 aliphatic carbocycles. The van der Waals surface area contributed by atoms with Crippen molar-refractivity contribution in [2.75, 3.05) is 0 Å². The molecule has 0 amide bonds. The molecule has 0 saturated heterocycles. The van der Waals surface area contributed by atoms with Crippen LogP contribution in [-0.2, 0) is 10.3 Å². The lowest BCUT2D eigenvalue weighted by Gasteiger charge is -2.11. The Morgan fingerprint density at radius 3 is 2.69 bits per heavy atom. The molecule has 16 heavy (non-hydrogen) atoms. The lowest BCUT2D eigenvalue weighted by Crippen LogP contribution is -2.02. The van der Waals surface area contributed by atoms with Crippen molar-refractivity contribution in [2.45, 2.75) is 25.3 Å². The molecular formula is C13H12ClNO. The van der Waals surface area contributed by atoms with Crippen molar-refractivity contribution in [2.24, 2.45) is 4.99 Å². The Bertz CT molecular complexity index is 497. The highest BCUT2D eigenvalue weighted by Gasteiger charge is 2.45. The van der Waals surface area contributed by atoms with Gasteiger partial charge in [-0.15, -0.1) is 0 Å². The van der Waals surface area contributed by atoms with Crippen LogP contribution in [-0.4, -0.2) is 6.08 Å². The van der Waals surface area contributed by atoms with E-state index in [4.69, 9.17) is 11.6 Å². The lowest BCUT2D eigenvalue weighted by atomic mass is 10.00. The predicted molar refractivity (Wildman–Crippen MR) is 65.2 cm³/mol. The van der Waals surface area contributed by atoms with E-state index in [-0.39, 0.29) is 5.54 Å². The first kappa shape index (κ1) is 11.1. The molecule has 1 saturated carbocycles. The number of allylic oxidation sites excluding steroid dienone is 1. The summed E-state index contributed by atoms with van der Waals surface area (Å²) >= 11 is 6.05. The predicted octanol–water partition coefficient (Wildman–Crippen LogP) is 3.70. The smallest absolute Gasteiger partial charge is 0.211 e. The van der Waals surface area contributed by atoms with Gasteiger partial charge in [0.05, 0.1) is 5.54 Å². The van der Waals surface area contributed by atoms with Crippen LogP contribution in [0.2, 0.25) is 5.02 Å². The maximum Gasteiger partial charge on any atom is 0.235 e. The van der Waals surface area contributed by atoms with Crippen LogP contribution in [0.3, 0.4) is 0 Å². The van der Waals surface area contributed by atoms with Gasteiger partial charge in [-0.3, -0.25) is 0 Å². The van der Waals surface area contributed by atoms with Gasteiger partial charge in [0.25, 0.3) is 0 Å². The van der Waals surface area contributed by atoms with E-state index >= 15 is 0 Å². The Balaban J connectivity index is 2.50. The maximum atomic E-state index is 10.4. The molecule has 1 fully saturated rings. The van der Waals surface area contributed by atoms with Gasteiger partial charge in [0.2, 0.25) is 6.08 Å². The van der Waals surface area contributed by atoms with Gasteiger partial charge in [-0.25, -0.2) is 4.79 Å². The number of benzene rings is 1. The Labute approximate surface area is 99.7 Å². The molecule has 0 bridgehead atoms. The fraction of sp³-hybridized carbons (Fsp3) is 0.308. The van der Waals surface area contributed by atoms with Crippen molar-refractivity contribution in [3.8, 4) is 0 Å². The molecule has 3 heteroatoms. The third-order valence-corrected chi connectivity index (χ3v) is 3.13. The van der Waals surface area contributed by atoms with Crippen LogP contribution in [0.25, 0.3) is 5.57 Å². The average molecular weight is 234 g/mol. The molecule has 2 nitrogen and oxygen atoms in total. The quantitative estimate of drug-likeness (QED) is 0.578. The molecule has 0 radical (unpaired) electrons. The van der Waals surface area contributed by atoms with Gasteiger partial charge in [0.1, 0.15) is 0 Å². The number of rotatable bonds is 3. The molecule has 1 aromatic carbocycles. The van der Waals surface area contributed by atoms with E-state index < -0.39 is 0 Å². The van der Waals surface area contributed by atoms with Crippen LogP contribution in [0.1, 0.15) is 30.9 Å². The van der Waals surface area contributed by atoms with E-state index in [0.29, 0.717) is 5.02 Å². The van der Waals surface area contributed by atoms with Crippen molar-refractivity contribution >= 4 is 23.3 Å². The van der Waals surface area contributed by atoms with E-state index in [0.717, 1.165) is 29.5 Å². The lowest BCUT2D eigenvalue weighted by molar-refractivity contribution is 0.556. The van der Waals surface area contributed by atoms with Crippen molar-refractivity contribution in [1.82, 2.24) is 0 Å². The summed E-state index contributed by atoms with van der Waals surface area (Å²) < 4.78 is 0. The van der Waals surface area contributed by atoms with Crippen molar-refractivity contribution in [1.29, 1.82) is 0 Å². The third kappa shape index (κ3) is 1.95. The van der Waals surface area contributed by atoms with Crippen LogP contribution >= 0.6 is 11.6 Å². The number of aliphatic imine (C=N–C) groups is 1. The van der Waals surface area contributed by atoms with Gasteiger partial charge in [-0.05, 0) is 49.1 Å². The van der Waals surface area contributed by atoms with Gasteiger partial charge in [-0.1, -0.05) is 23.8 Å². The normalized spacial score (nSPS) is 16.4. The third-order valence-electron chi connectivity index (χ3n) is 2.91. The van der Waals surface area contributed by atoms with Crippen LogP contribution in [0, 0.1) is 0 Å². The van der Waals surface area contributed by atoms with Crippen LogP contribution in [0.5, 0.6) is 0 Å². The summed E-state index contributed by atoms with van der Waals surface area (Å²) in [6.45, 7) is 5.82. The number of carbonyl (C=O) groups excluding carboxylic acids is 1. The minimum absolute atomic E-state index is 0.364. The van der Waals surface area contributed by atoms with Gasteiger partial charge >= 0.3 is 0 Å². The number of isocyanates is 1. The van der Waals surface area contributed by atoms with E-state index in [1.165, 1.54) is 0 Å². The molecule has 1 aliphatic rings. The standard InChI is InChI=1S/C13H12ClNO/c1-9(2)10-5-11(7-12(14)6-10)13(3-4-13)15-8-16/h5-7H,1,3-4H2,2H3. The minimum atomic E-state index is -0.364. The van der Waals surface area contributed by atoms with Gasteiger partial charge < -0.3 is 0 Å². The average Bonchev–Trinajstić information content (AvgIpc) is 2.98. The topological polar surface area (TPSA) is 29.4 Å². The van der Waals surface area contributed by atoms with E-state index in [2.05, 4.69) is 11.6 Å². The molecule has 0 spiro atoms. The number of nitrogens with zero attached hydrogens (tertiary/aromatic N) is 1. The number of hydrogen-bond donors (Lipinski definition) is 0. The Morgan fingerprint density at radius 2 is 2.19 bits per heavy atom. The van der Waals surface area contributed by atoms with Gasteiger partial charge in [0.15, 0.2) is 0 Å². The first-order valence-corrected chi connectivity index (χ1v) is 5.51. The molecule has 1 aromatic rings. The summed E-state index contributed by atoms with van der Waals surface area (Å²) in [5, 5.41) is 0.655. The summed E-state index contributed by atoms with van der Waals surface area (Å²) in [7, 11) is 0. The van der Waals surface area contributed by atoms with Crippen molar-refractivity contribution in [3.05, 3.63) is 40.9 Å². The van der Waals surface area contributed by atoms with E-state index in [1.807, 2.05) is 25.1 Å². The molecule has 82 valence electrons. The summed E-state index contributed by atoms with van der Waals surface area (Å²) in [6, 6.07) is 5.73. The molecule has 0 unspecified atom stereocenters. The highest BCUT2D eigenvalue weighted by Crippen LogP contribution is 2.50. The molecule has 0 aliphatic heterocycles. The van der Waals surface area contributed by atoms with Gasteiger partial charge in [0, 0.05) is 5.02 Å². The van der Waals surface area contributed by atoms with Crippen LogP contribution in [0.4, 0.5) is 0 Å². The molecule has 0 heterocycles. The second-order valence-electron chi connectivity index (χ2n) is 4.24. The highest BCUT2D eigenvalue weighted by atomic mass is 35.5. The zero-order chi connectivity index (χ0) is 11.8. The zero-order valence-electron chi connectivity index (χ0n) is 9.09. The Kier molecular flexibility index (Phi) is 2.71. The fourth-order valence-electron chi connectivity index (χ4n) is 1.78. The molecule has 2 rings (SSSR count). The molecular weight excluding hydrogens is 222 g/mol. The number of hydrogen-bond acceptors (Lipinski definition) is 2. The second kappa shape index (κ2) is 3.89.